The Labute approximate surface area is 128 Å². The summed E-state index contributed by atoms with van der Waals surface area (Å²) in [7, 11) is 0. The number of carbonyl (C=O) groups excluding carboxylic acids is 1. The zero-order valence-electron chi connectivity index (χ0n) is 13.6. The Morgan fingerprint density at radius 3 is 2.29 bits per heavy atom. The highest BCUT2D eigenvalue weighted by atomic mass is 16.7. The van der Waals surface area contributed by atoms with Crippen LogP contribution in [0.25, 0.3) is 0 Å². The second-order valence-electron chi connectivity index (χ2n) is 5.29. The summed E-state index contributed by atoms with van der Waals surface area (Å²) >= 11 is 0. The highest BCUT2D eigenvalue weighted by Gasteiger charge is 2.05. The number of ketones is 1. The first-order valence-electron chi connectivity index (χ1n) is 8.00. The number of unbranched alkanes of at least 4 members (excludes halogenated alkanes) is 1. The lowest BCUT2D eigenvalue weighted by Crippen LogP contribution is -2.17. The summed E-state index contributed by atoms with van der Waals surface area (Å²) in [6.45, 7) is 7.28. The fourth-order valence-electron chi connectivity index (χ4n) is 2.09. The third-order valence-electron chi connectivity index (χ3n) is 3.37. The van der Waals surface area contributed by atoms with Crippen molar-refractivity contribution in [3.05, 3.63) is 35.4 Å². The van der Waals surface area contributed by atoms with E-state index >= 15 is 0 Å². The van der Waals surface area contributed by atoms with Gasteiger partial charge >= 0.3 is 0 Å². The van der Waals surface area contributed by atoms with Gasteiger partial charge in [-0.15, -0.1) is 0 Å². The molecule has 0 aromatic heterocycles. The van der Waals surface area contributed by atoms with Crippen LogP contribution in [0, 0.1) is 0 Å². The van der Waals surface area contributed by atoms with Crippen molar-refractivity contribution in [2.75, 3.05) is 13.2 Å². The maximum atomic E-state index is 11.2. The molecule has 1 atom stereocenters. The number of rotatable bonds is 11. The molecule has 0 aliphatic heterocycles. The minimum absolute atomic E-state index is 0.0557. The molecule has 0 saturated carbocycles. The van der Waals surface area contributed by atoms with Crippen LogP contribution in [0.5, 0.6) is 0 Å². The lowest BCUT2D eigenvalue weighted by Gasteiger charge is -2.16. The molecule has 3 heteroatoms. The summed E-state index contributed by atoms with van der Waals surface area (Å²) in [4.78, 5) is 11.2. The van der Waals surface area contributed by atoms with Crippen LogP contribution >= 0.6 is 0 Å². The lowest BCUT2D eigenvalue weighted by atomic mass is 10.0. The van der Waals surface area contributed by atoms with Gasteiger partial charge in [0.1, 0.15) is 0 Å². The quantitative estimate of drug-likeness (QED) is 0.345. The third kappa shape index (κ3) is 7.39. The Balaban J connectivity index is 2.17. The Morgan fingerprint density at radius 2 is 1.71 bits per heavy atom. The van der Waals surface area contributed by atoms with Gasteiger partial charge in [0.05, 0.1) is 0 Å². The average Bonchev–Trinajstić information content (AvgIpc) is 2.50. The Kier molecular flexibility index (Phi) is 8.95. The van der Waals surface area contributed by atoms with Gasteiger partial charge in [-0.1, -0.05) is 38.1 Å². The first kappa shape index (κ1) is 17.9. The molecule has 0 aliphatic carbocycles. The number of benzene rings is 1. The van der Waals surface area contributed by atoms with E-state index in [-0.39, 0.29) is 12.1 Å². The van der Waals surface area contributed by atoms with Gasteiger partial charge in [-0.3, -0.25) is 4.79 Å². The van der Waals surface area contributed by atoms with Crippen LogP contribution in [0.3, 0.4) is 0 Å². The number of Topliss-reactive ketones (excluding diaryl/α,β-unsaturated/α-hetero) is 1. The zero-order chi connectivity index (χ0) is 15.5. The van der Waals surface area contributed by atoms with Crippen LogP contribution in [0.2, 0.25) is 0 Å². The molecule has 118 valence electrons. The Morgan fingerprint density at radius 1 is 1.05 bits per heavy atom. The number of aryl methyl sites for hydroxylation is 1. The van der Waals surface area contributed by atoms with Crippen molar-refractivity contribution in [2.24, 2.45) is 0 Å². The fourth-order valence-corrected chi connectivity index (χ4v) is 2.09. The normalized spacial score (nSPS) is 12.3. The van der Waals surface area contributed by atoms with Crippen LogP contribution in [0.15, 0.2) is 24.3 Å². The number of ether oxygens (including phenoxy) is 2. The molecule has 0 bridgehead atoms. The molecule has 0 spiro atoms. The van der Waals surface area contributed by atoms with Gasteiger partial charge in [0.2, 0.25) is 0 Å². The van der Waals surface area contributed by atoms with Gasteiger partial charge in [-0.25, -0.2) is 0 Å². The lowest BCUT2D eigenvalue weighted by molar-refractivity contribution is -0.144. The Bertz CT molecular complexity index is 397. The van der Waals surface area contributed by atoms with Crippen LogP contribution in [-0.4, -0.2) is 25.3 Å². The number of carbonyl (C=O) groups is 1. The van der Waals surface area contributed by atoms with E-state index in [9.17, 15) is 4.79 Å². The van der Waals surface area contributed by atoms with Crippen molar-refractivity contribution >= 4 is 5.78 Å². The van der Waals surface area contributed by atoms with Crippen LogP contribution < -0.4 is 0 Å². The maximum Gasteiger partial charge on any atom is 0.159 e. The molecule has 0 radical (unpaired) electrons. The first-order valence-corrected chi connectivity index (χ1v) is 8.00. The highest BCUT2D eigenvalue weighted by molar-refractivity contribution is 5.93. The topological polar surface area (TPSA) is 35.5 Å². The van der Waals surface area contributed by atoms with E-state index in [1.807, 2.05) is 24.3 Å². The van der Waals surface area contributed by atoms with Crippen molar-refractivity contribution in [1.29, 1.82) is 0 Å². The molecule has 3 nitrogen and oxygen atoms in total. The molecule has 0 fully saturated rings. The molecule has 0 N–H and O–H groups in total. The fraction of sp³-hybridized carbons (Fsp3) is 0.611. The molecule has 0 heterocycles. The summed E-state index contributed by atoms with van der Waals surface area (Å²) < 4.78 is 11.3. The molecule has 1 rings (SSSR count). The van der Waals surface area contributed by atoms with Gasteiger partial charge in [0, 0.05) is 18.8 Å². The SMILES string of the molecule is CCCOC(CC)OCCCCc1ccc(C(C)=O)cc1. The van der Waals surface area contributed by atoms with Crippen molar-refractivity contribution < 1.29 is 14.3 Å². The van der Waals surface area contributed by atoms with Gasteiger partial charge in [-0.05, 0) is 44.6 Å². The average molecular weight is 292 g/mol. The summed E-state index contributed by atoms with van der Waals surface area (Å²) in [5, 5.41) is 0. The minimum Gasteiger partial charge on any atom is -0.353 e. The standard InChI is InChI=1S/C18H28O3/c1-4-13-20-18(5-2)21-14-7-6-8-16-9-11-17(12-10-16)15(3)19/h9-12,18H,4-8,13-14H2,1-3H3. The molecule has 1 aromatic rings. The van der Waals surface area contributed by atoms with Crippen LogP contribution in [-0.2, 0) is 15.9 Å². The molecular weight excluding hydrogens is 264 g/mol. The molecule has 0 amide bonds. The minimum atomic E-state index is -0.0557. The van der Waals surface area contributed by atoms with E-state index in [0.717, 1.165) is 50.9 Å². The van der Waals surface area contributed by atoms with Crippen molar-refractivity contribution in [2.45, 2.75) is 59.2 Å². The monoisotopic (exact) mass is 292 g/mol. The van der Waals surface area contributed by atoms with Crippen molar-refractivity contribution in [3.63, 3.8) is 0 Å². The predicted molar refractivity (Wildman–Crippen MR) is 85.7 cm³/mol. The van der Waals surface area contributed by atoms with Crippen LogP contribution in [0.4, 0.5) is 0 Å². The Hall–Kier alpha value is -1.19. The van der Waals surface area contributed by atoms with Gasteiger partial charge < -0.3 is 9.47 Å². The van der Waals surface area contributed by atoms with Gasteiger partial charge in [0.15, 0.2) is 12.1 Å². The summed E-state index contributed by atoms with van der Waals surface area (Å²) in [6.07, 6.45) is 5.00. The number of hydrogen-bond acceptors (Lipinski definition) is 3. The second-order valence-corrected chi connectivity index (χ2v) is 5.29. The van der Waals surface area contributed by atoms with E-state index in [4.69, 9.17) is 9.47 Å². The zero-order valence-corrected chi connectivity index (χ0v) is 13.6. The van der Waals surface area contributed by atoms with Gasteiger partial charge in [-0.2, -0.15) is 0 Å². The van der Waals surface area contributed by atoms with Gasteiger partial charge in [0.25, 0.3) is 0 Å². The van der Waals surface area contributed by atoms with E-state index in [2.05, 4.69) is 13.8 Å². The summed E-state index contributed by atoms with van der Waals surface area (Å²) in [6, 6.07) is 7.88. The smallest absolute Gasteiger partial charge is 0.159 e. The predicted octanol–water partition coefficient (Wildman–Crippen LogP) is 4.39. The molecule has 1 aromatic carbocycles. The molecular formula is C18H28O3. The largest absolute Gasteiger partial charge is 0.353 e. The van der Waals surface area contributed by atoms with E-state index in [1.54, 1.807) is 6.92 Å². The molecule has 0 saturated heterocycles. The first-order chi connectivity index (χ1) is 10.2. The maximum absolute atomic E-state index is 11.2. The van der Waals surface area contributed by atoms with Crippen LogP contribution in [0.1, 0.15) is 62.4 Å². The molecule has 0 aliphatic rings. The third-order valence-corrected chi connectivity index (χ3v) is 3.37. The summed E-state index contributed by atoms with van der Waals surface area (Å²) in [5.74, 6) is 0.118. The molecule has 21 heavy (non-hydrogen) atoms. The second kappa shape index (κ2) is 10.5. The van der Waals surface area contributed by atoms with Crippen molar-refractivity contribution in [1.82, 2.24) is 0 Å². The van der Waals surface area contributed by atoms with E-state index in [1.165, 1.54) is 5.56 Å². The molecule has 1 unspecified atom stereocenters. The highest BCUT2D eigenvalue weighted by Crippen LogP contribution is 2.09. The van der Waals surface area contributed by atoms with E-state index < -0.39 is 0 Å². The van der Waals surface area contributed by atoms with Crippen molar-refractivity contribution in [3.8, 4) is 0 Å². The van der Waals surface area contributed by atoms with E-state index in [0.29, 0.717) is 0 Å². The number of hydrogen-bond donors (Lipinski definition) is 0. The summed E-state index contributed by atoms with van der Waals surface area (Å²) in [5.41, 5.74) is 2.05.